The standard InChI is InChI=1S/C27H33FN2O3S/c1-20(2)6-5-7-21-8-10-22(11-9-21)27-25-18-29(16-3-4-17-30(25)26(27)19-31)34(32,33)24-14-12-23(28)13-15-24/h8-15,20,25-27,31H,3-4,6,16-19H2,1-2H3/t25-,26-,27+/m1/s1. The number of rotatable bonds is 5. The quantitative estimate of drug-likeness (QED) is 0.656. The maximum atomic E-state index is 13.4. The van der Waals surface area contributed by atoms with Crippen molar-refractivity contribution < 1.29 is 17.9 Å². The van der Waals surface area contributed by atoms with Crippen LogP contribution in [0.25, 0.3) is 0 Å². The van der Waals surface area contributed by atoms with Gasteiger partial charge in [-0.3, -0.25) is 4.90 Å². The van der Waals surface area contributed by atoms with Gasteiger partial charge in [0.2, 0.25) is 10.0 Å². The van der Waals surface area contributed by atoms with Crippen LogP contribution >= 0.6 is 0 Å². The average Bonchev–Trinajstić information content (AvgIpc) is 2.79. The summed E-state index contributed by atoms with van der Waals surface area (Å²) in [7, 11) is -3.74. The van der Waals surface area contributed by atoms with Crippen LogP contribution in [0.5, 0.6) is 0 Å². The number of aliphatic hydroxyl groups excluding tert-OH is 1. The zero-order valence-corrected chi connectivity index (χ0v) is 20.6. The summed E-state index contributed by atoms with van der Waals surface area (Å²) >= 11 is 0. The molecule has 0 aromatic heterocycles. The van der Waals surface area contributed by atoms with Gasteiger partial charge in [-0.1, -0.05) is 37.8 Å². The van der Waals surface area contributed by atoms with Crippen molar-refractivity contribution in [1.29, 1.82) is 0 Å². The number of sulfonamides is 1. The van der Waals surface area contributed by atoms with E-state index in [1.165, 1.54) is 28.6 Å². The number of halogens is 1. The Morgan fingerprint density at radius 2 is 1.74 bits per heavy atom. The van der Waals surface area contributed by atoms with Crippen molar-refractivity contribution in [2.24, 2.45) is 5.92 Å². The molecule has 2 aromatic carbocycles. The minimum atomic E-state index is -3.74. The molecule has 5 nitrogen and oxygen atoms in total. The van der Waals surface area contributed by atoms with E-state index in [1.807, 2.05) is 12.1 Å². The Hall–Kier alpha value is -2.24. The molecule has 2 aromatic rings. The molecule has 2 heterocycles. The van der Waals surface area contributed by atoms with Crippen molar-refractivity contribution in [2.75, 3.05) is 26.2 Å². The molecular formula is C27H33FN2O3S. The van der Waals surface area contributed by atoms with Gasteiger partial charge in [0.1, 0.15) is 5.82 Å². The molecule has 0 radical (unpaired) electrons. The number of nitrogens with zero attached hydrogens (tertiary/aromatic N) is 2. The van der Waals surface area contributed by atoms with Crippen LogP contribution in [0.15, 0.2) is 53.4 Å². The normalized spacial score (nSPS) is 23.9. The second-order valence-electron chi connectivity index (χ2n) is 9.63. The molecule has 1 N–H and O–H groups in total. The lowest BCUT2D eigenvalue weighted by molar-refractivity contribution is -0.0553. The fourth-order valence-electron chi connectivity index (χ4n) is 5.03. The third-order valence-corrected chi connectivity index (χ3v) is 8.70. The number of hydrogen-bond acceptors (Lipinski definition) is 4. The van der Waals surface area contributed by atoms with Crippen LogP contribution in [0, 0.1) is 23.6 Å². The molecule has 0 aliphatic carbocycles. The highest BCUT2D eigenvalue weighted by Gasteiger charge is 2.50. The molecule has 0 spiro atoms. The van der Waals surface area contributed by atoms with Gasteiger partial charge < -0.3 is 5.11 Å². The van der Waals surface area contributed by atoms with Crippen LogP contribution in [0.1, 0.15) is 50.2 Å². The molecule has 0 amide bonds. The molecule has 2 aliphatic rings. The van der Waals surface area contributed by atoms with E-state index >= 15 is 0 Å². The van der Waals surface area contributed by atoms with E-state index in [9.17, 15) is 17.9 Å². The summed E-state index contributed by atoms with van der Waals surface area (Å²) in [6.45, 7) is 5.94. The lowest BCUT2D eigenvalue weighted by Crippen LogP contribution is -2.67. The van der Waals surface area contributed by atoms with E-state index in [-0.39, 0.29) is 29.5 Å². The fourth-order valence-corrected chi connectivity index (χ4v) is 6.53. The molecule has 7 heteroatoms. The zero-order chi connectivity index (χ0) is 24.3. The molecule has 182 valence electrons. The summed E-state index contributed by atoms with van der Waals surface area (Å²) in [6.07, 6.45) is 2.46. The second kappa shape index (κ2) is 10.6. The highest BCUT2D eigenvalue weighted by atomic mass is 32.2. The zero-order valence-electron chi connectivity index (χ0n) is 19.8. The van der Waals surface area contributed by atoms with E-state index in [0.29, 0.717) is 19.0 Å². The fraction of sp³-hybridized carbons (Fsp3) is 0.481. The van der Waals surface area contributed by atoms with Gasteiger partial charge in [0.05, 0.1) is 11.5 Å². The average molecular weight is 485 g/mol. The Labute approximate surface area is 202 Å². The number of fused-ring (bicyclic) bond motifs is 1. The molecule has 2 saturated heterocycles. The first kappa shape index (κ1) is 24.9. The van der Waals surface area contributed by atoms with E-state index in [4.69, 9.17) is 0 Å². The smallest absolute Gasteiger partial charge is 0.243 e. The summed E-state index contributed by atoms with van der Waals surface area (Å²) in [5.41, 5.74) is 2.05. The van der Waals surface area contributed by atoms with Crippen molar-refractivity contribution in [3.8, 4) is 11.8 Å². The summed E-state index contributed by atoms with van der Waals surface area (Å²) in [4.78, 5) is 2.35. The van der Waals surface area contributed by atoms with Gasteiger partial charge in [-0.15, -0.1) is 0 Å². The monoisotopic (exact) mass is 484 g/mol. The minimum absolute atomic E-state index is 0.0226. The topological polar surface area (TPSA) is 60.9 Å². The molecule has 2 fully saturated rings. The van der Waals surface area contributed by atoms with Crippen LogP contribution in [0.3, 0.4) is 0 Å². The van der Waals surface area contributed by atoms with Gasteiger partial charge in [-0.25, -0.2) is 12.8 Å². The molecule has 0 saturated carbocycles. The number of hydrogen-bond donors (Lipinski definition) is 1. The van der Waals surface area contributed by atoms with Gasteiger partial charge in [0.25, 0.3) is 0 Å². The van der Waals surface area contributed by atoms with E-state index in [1.54, 1.807) is 0 Å². The molecule has 0 unspecified atom stereocenters. The first-order valence-electron chi connectivity index (χ1n) is 12.0. The lowest BCUT2D eigenvalue weighted by Gasteiger charge is -2.57. The maximum absolute atomic E-state index is 13.4. The summed E-state index contributed by atoms with van der Waals surface area (Å²) in [6, 6.07) is 13.1. The van der Waals surface area contributed by atoms with Crippen LogP contribution in [-0.2, 0) is 10.0 Å². The maximum Gasteiger partial charge on any atom is 0.243 e. The van der Waals surface area contributed by atoms with E-state index in [0.717, 1.165) is 36.9 Å². The Kier molecular flexibility index (Phi) is 7.73. The third-order valence-electron chi connectivity index (χ3n) is 6.82. The van der Waals surface area contributed by atoms with Gasteiger partial charge in [-0.05, 0) is 67.3 Å². The van der Waals surface area contributed by atoms with Crippen LogP contribution in [0.4, 0.5) is 4.39 Å². The van der Waals surface area contributed by atoms with Crippen LogP contribution in [0.2, 0.25) is 0 Å². The lowest BCUT2D eigenvalue weighted by atomic mass is 9.74. The van der Waals surface area contributed by atoms with Crippen LogP contribution in [-0.4, -0.2) is 61.1 Å². The molecular weight excluding hydrogens is 451 g/mol. The number of benzene rings is 2. The molecule has 2 aliphatic heterocycles. The summed E-state index contributed by atoms with van der Waals surface area (Å²) in [5.74, 6) is 6.52. The predicted molar refractivity (Wildman–Crippen MR) is 131 cm³/mol. The van der Waals surface area contributed by atoms with Crippen molar-refractivity contribution in [3.63, 3.8) is 0 Å². The van der Waals surface area contributed by atoms with Gasteiger partial charge in [0, 0.05) is 43.1 Å². The van der Waals surface area contributed by atoms with Crippen molar-refractivity contribution in [2.45, 2.75) is 56.0 Å². The first-order chi connectivity index (χ1) is 16.3. The van der Waals surface area contributed by atoms with Gasteiger partial charge in [-0.2, -0.15) is 4.31 Å². The molecule has 0 bridgehead atoms. The first-order valence-corrected chi connectivity index (χ1v) is 13.5. The van der Waals surface area contributed by atoms with E-state index < -0.39 is 15.8 Å². The Bertz CT molecular complexity index is 1140. The Morgan fingerprint density at radius 3 is 2.38 bits per heavy atom. The Morgan fingerprint density at radius 1 is 1.06 bits per heavy atom. The van der Waals surface area contributed by atoms with Crippen LogP contribution < -0.4 is 0 Å². The second-order valence-corrected chi connectivity index (χ2v) is 11.6. The predicted octanol–water partition coefficient (Wildman–Crippen LogP) is 3.84. The van der Waals surface area contributed by atoms with Crippen molar-refractivity contribution in [1.82, 2.24) is 9.21 Å². The summed E-state index contributed by atoms with van der Waals surface area (Å²) in [5, 5.41) is 10.1. The highest BCUT2D eigenvalue weighted by molar-refractivity contribution is 7.89. The SMILES string of the molecule is CC(C)CC#Cc1ccc([C@@H]2[C@@H](CO)N3CCCCN(S(=O)(=O)c4ccc(F)cc4)C[C@H]23)cc1. The Balaban J connectivity index is 1.57. The largest absolute Gasteiger partial charge is 0.395 e. The number of aliphatic hydroxyl groups is 1. The van der Waals surface area contributed by atoms with Crippen molar-refractivity contribution >= 4 is 10.0 Å². The van der Waals surface area contributed by atoms with Crippen molar-refractivity contribution in [3.05, 3.63) is 65.5 Å². The molecule has 3 atom stereocenters. The van der Waals surface area contributed by atoms with Gasteiger partial charge in [0.15, 0.2) is 0 Å². The minimum Gasteiger partial charge on any atom is -0.395 e. The summed E-state index contributed by atoms with van der Waals surface area (Å²) < 4.78 is 41.6. The van der Waals surface area contributed by atoms with Gasteiger partial charge >= 0.3 is 0 Å². The third kappa shape index (κ3) is 5.21. The molecule has 4 rings (SSSR count). The molecule has 34 heavy (non-hydrogen) atoms. The van der Waals surface area contributed by atoms with E-state index in [2.05, 4.69) is 42.7 Å². The highest BCUT2D eigenvalue weighted by Crippen LogP contribution is 2.42.